The summed E-state index contributed by atoms with van der Waals surface area (Å²) < 4.78 is 0. The van der Waals surface area contributed by atoms with E-state index in [9.17, 15) is 14.4 Å². The van der Waals surface area contributed by atoms with Gasteiger partial charge in [0.05, 0.1) is 12.5 Å². The minimum Gasteiger partial charge on any atom is -0.481 e. The number of piperidine rings is 1. The molecule has 0 aromatic heterocycles. The van der Waals surface area contributed by atoms with Crippen LogP contribution in [0.5, 0.6) is 0 Å². The van der Waals surface area contributed by atoms with Crippen molar-refractivity contribution in [3.8, 4) is 0 Å². The molecule has 2 amide bonds. The zero-order valence-electron chi connectivity index (χ0n) is 16.6. The smallest absolute Gasteiger partial charge is 0.306 e. The van der Waals surface area contributed by atoms with Crippen LogP contribution in [0.15, 0.2) is 42.5 Å². The van der Waals surface area contributed by atoms with Gasteiger partial charge in [0, 0.05) is 26.1 Å². The van der Waals surface area contributed by atoms with Gasteiger partial charge in [-0.2, -0.15) is 0 Å². The Hall–Kier alpha value is -2.89. The second kappa shape index (κ2) is 7.85. The van der Waals surface area contributed by atoms with Gasteiger partial charge in [0.2, 0.25) is 11.8 Å². The first kappa shape index (κ1) is 19.4. The molecule has 2 fully saturated rings. The number of fused-ring (bicyclic) bond motifs is 1. The van der Waals surface area contributed by atoms with Gasteiger partial charge in [-0.3, -0.25) is 14.4 Å². The van der Waals surface area contributed by atoms with Crippen LogP contribution in [-0.2, 0) is 14.4 Å². The Morgan fingerprint density at radius 3 is 2.48 bits per heavy atom. The van der Waals surface area contributed by atoms with Gasteiger partial charge in [0.1, 0.15) is 0 Å². The summed E-state index contributed by atoms with van der Waals surface area (Å²) in [4.78, 5) is 39.7. The van der Waals surface area contributed by atoms with Crippen molar-refractivity contribution in [2.75, 3.05) is 26.7 Å². The summed E-state index contributed by atoms with van der Waals surface area (Å²) in [6.07, 6.45) is 1.77. The van der Waals surface area contributed by atoms with Crippen molar-refractivity contribution in [2.24, 2.45) is 11.8 Å². The van der Waals surface area contributed by atoms with Crippen molar-refractivity contribution in [3.05, 3.63) is 48.0 Å². The van der Waals surface area contributed by atoms with Crippen molar-refractivity contribution in [2.45, 2.75) is 25.2 Å². The van der Waals surface area contributed by atoms with Gasteiger partial charge in [-0.15, -0.1) is 0 Å². The highest BCUT2D eigenvalue weighted by Gasteiger charge is 2.46. The molecular formula is C23H26N2O4. The average Bonchev–Trinajstić information content (AvgIpc) is 3.53. The molecule has 1 N–H and O–H groups in total. The Kier molecular flexibility index (Phi) is 5.26. The fourth-order valence-electron chi connectivity index (χ4n) is 4.43. The summed E-state index contributed by atoms with van der Waals surface area (Å²) in [5.41, 5.74) is 1.21. The largest absolute Gasteiger partial charge is 0.481 e. The summed E-state index contributed by atoms with van der Waals surface area (Å²) >= 11 is 0. The molecule has 2 aliphatic rings. The highest BCUT2D eigenvalue weighted by molar-refractivity contribution is 5.91. The number of hydrogen-bond acceptors (Lipinski definition) is 3. The molecule has 29 heavy (non-hydrogen) atoms. The Balaban J connectivity index is 1.35. The van der Waals surface area contributed by atoms with Crippen molar-refractivity contribution in [3.63, 3.8) is 0 Å². The van der Waals surface area contributed by atoms with E-state index < -0.39 is 5.97 Å². The Morgan fingerprint density at radius 2 is 1.76 bits per heavy atom. The molecule has 1 saturated heterocycles. The first-order chi connectivity index (χ1) is 14.0. The minimum atomic E-state index is -0.794. The lowest BCUT2D eigenvalue weighted by Gasteiger charge is -2.31. The Morgan fingerprint density at radius 1 is 1.07 bits per heavy atom. The fourth-order valence-corrected chi connectivity index (χ4v) is 4.43. The minimum absolute atomic E-state index is 0.0108. The molecule has 2 atom stereocenters. The predicted molar refractivity (Wildman–Crippen MR) is 109 cm³/mol. The lowest BCUT2D eigenvalue weighted by Crippen LogP contribution is -2.45. The van der Waals surface area contributed by atoms with Gasteiger partial charge in [-0.25, -0.2) is 0 Å². The number of carboxylic acid groups (broad SMARTS) is 1. The quantitative estimate of drug-likeness (QED) is 0.846. The molecule has 0 bridgehead atoms. The first-order valence-electron chi connectivity index (χ1n) is 10.2. The monoisotopic (exact) mass is 394 g/mol. The number of nitrogens with zero attached hydrogens (tertiary/aromatic N) is 2. The number of benzene rings is 2. The van der Waals surface area contributed by atoms with Crippen molar-refractivity contribution >= 4 is 28.6 Å². The third kappa shape index (κ3) is 3.97. The summed E-state index contributed by atoms with van der Waals surface area (Å²) in [6, 6.07) is 14.4. The molecule has 6 nitrogen and oxygen atoms in total. The summed E-state index contributed by atoms with van der Waals surface area (Å²) in [7, 11) is 1.68. The van der Waals surface area contributed by atoms with Gasteiger partial charge in [-0.05, 0) is 41.5 Å². The van der Waals surface area contributed by atoms with E-state index in [4.69, 9.17) is 5.11 Å². The second-order valence-electron chi connectivity index (χ2n) is 8.20. The average molecular weight is 394 g/mol. The van der Waals surface area contributed by atoms with E-state index in [2.05, 4.69) is 24.3 Å². The maximum Gasteiger partial charge on any atom is 0.306 e. The number of likely N-dealkylation sites (tertiary alicyclic amines) is 1. The third-order valence-corrected chi connectivity index (χ3v) is 6.28. The van der Waals surface area contributed by atoms with E-state index in [0.29, 0.717) is 25.9 Å². The van der Waals surface area contributed by atoms with Crippen molar-refractivity contribution in [1.29, 1.82) is 0 Å². The molecule has 6 heteroatoms. The highest BCUT2D eigenvalue weighted by atomic mass is 16.4. The molecule has 1 saturated carbocycles. The molecule has 0 spiro atoms. The van der Waals surface area contributed by atoms with Crippen molar-refractivity contribution < 1.29 is 19.5 Å². The molecule has 0 radical (unpaired) electrons. The maximum atomic E-state index is 12.9. The highest BCUT2D eigenvalue weighted by Crippen LogP contribution is 2.50. The van der Waals surface area contributed by atoms with E-state index in [-0.39, 0.29) is 36.1 Å². The van der Waals surface area contributed by atoms with Crippen LogP contribution in [0.4, 0.5) is 0 Å². The zero-order chi connectivity index (χ0) is 20.5. The zero-order valence-corrected chi connectivity index (χ0v) is 16.6. The van der Waals surface area contributed by atoms with E-state index >= 15 is 0 Å². The maximum absolute atomic E-state index is 12.9. The fraction of sp³-hybridized carbons (Fsp3) is 0.435. The molecule has 2 aromatic carbocycles. The number of aliphatic carboxylic acids is 1. The molecular weight excluding hydrogens is 368 g/mol. The van der Waals surface area contributed by atoms with Crippen LogP contribution in [0.3, 0.4) is 0 Å². The van der Waals surface area contributed by atoms with E-state index in [1.165, 1.54) is 21.2 Å². The number of carbonyl (C=O) groups excluding carboxylic acids is 2. The van der Waals surface area contributed by atoms with Gasteiger partial charge in [-0.1, -0.05) is 42.5 Å². The van der Waals surface area contributed by atoms with Gasteiger partial charge >= 0.3 is 5.97 Å². The number of rotatable bonds is 5. The van der Waals surface area contributed by atoms with Crippen LogP contribution in [0.2, 0.25) is 0 Å². The molecule has 152 valence electrons. The molecule has 1 aliphatic carbocycles. The van der Waals surface area contributed by atoms with E-state index in [0.717, 1.165) is 6.42 Å². The topological polar surface area (TPSA) is 77.9 Å². The van der Waals surface area contributed by atoms with E-state index in [1.807, 2.05) is 18.2 Å². The van der Waals surface area contributed by atoms with Gasteiger partial charge < -0.3 is 14.9 Å². The van der Waals surface area contributed by atoms with Gasteiger partial charge in [0.15, 0.2) is 0 Å². The van der Waals surface area contributed by atoms with Crippen LogP contribution >= 0.6 is 0 Å². The molecule has 1 heterocycles. The van der Waals surface area contributed by atoms with Crippen LogP contribution in [0.1, 0.15) is 30.7 Å². The normalized spacial score (nSPS) is 21.8. The molecule has 2 unspecified atom stereocenters. The predicted octanol–water partition coefficient (Wildman–Crippen LogP) is 2.72. The third-order valence-electron chi connectivity index (χ3n) is 6.28. The molecule has 2 aromatic rings. The van der Waals surface area contributed by atoms with Crippen LogP contribution in [-0.4, -0.2) is 59.4 Å². The van der Waals surface area contributed by atoms with E-state index in [1.54, 1.807) is 11.9 Å². The second-order valence-corrected chi connectivity index (χ2v) is 8.20. The summed E-state index contributed by atoms with van der Waals surface area (Å²) in [6.45, 7) is 0.940. The van der Waals surface area contributed by atoms with Crippen LogP contribution in [0, 0.1) is 11.8 Å². The number of hydrogen-bond donors (Lipinski definition) is 1. The SMILES string of the molecule is CN(CC(=O)N1CCC(C(=O)O)CC1)C(=O)C1CC1c1cccc2ccccc12. The Bertz CT molecular complexity index is 944. The van der Waals surface area contributed by atoms with Crippen molar-refractivity contribution in [1.82, 2.24) is 9.80 Å². The number of carboxylic acids is 1. The summed E-state index contributed by atoms with van der Waals surface area (Å²) in [5.74, 6) is -1.12. The molecule has 1 aliphatic heterocycles. The number of carbonyl (C=O) groups is 3. The van der Waals surface area contributed by atoms with Crippen LogP contribution in [0.25, 0.3) is 10.8 Å². The number of amides is 2. The lowest BCUT2D eigenvalue weighted by atomic mass is 9.97. The number of likely N-dealkylation sites (N-methyl/N-ethyl adjacent to an activating group) is 1. The van der Waals surface area contributed by atoms with Crippen LogP contribution < -0.4 is 0 Å². The summed E-state index contributed by atoms with van der Waals surface area (Å²) in [5, 5.41) is 11.4. The molecule has 4 rings (SSSR count). The Labute approximate surface area is 170 Å². The standard InChI is InChI=1S/C23H26N2O4/c1-24(14-21(26)25-11-9-16(10-12-25)23(28)29)22(27)20-13-19(20)18-8-4-6-15-5-2-3-7-17(15)18/h2-8,16,19-20H,9-14H2,1H3,(H,28,29). The first-order valence-corrected chi connectivity index (χ1v) is 10.2. The lowest BCUT2D eigenvalue weighted by molar-refractivity contribution is -0.146. The van der Waals surface area contributed by atoms with Gasteiger partial charge in [0.25, 0.3) is 0 Å².